The van der Waals surface area contributed by atoms with Crippen molar-refractivity contribution in [2.24, 2.45) is 0 Å². The van der Waals surface area contributed by atoms with Gasteiger partial charge in [0.05, 0.1) is 6.61 Å². The van der Waals surface area contributed by atoms with Gasteiger partial charge in [-0.3, -0.25) is 0 Å². The number of halogens is 1. The summed E-state index contributed by atoms with van der Waals surface area (Å²) in [5.74, 6) is 6.27. The lowest BCUT2D eigenvalue weighted by atomic mass is 10.2. The average Bonchev–Trinajstić information content (AvgIpc) is 2.47. The molecule has 2 aromatic carbocycles. The second-order valence-electron chi connectivity index (χ2n) is 4.22. The van der Waals surface area contributed by atoms with E-state index in [1.54, 1.807) is 12.1 Å². The summed E-state index contributed by atoms with van der Waals surface area (Å²) in [5, 5.41) is 8.67. The number of aliphatic hydroxyl groups excluding tert-OH is 1. The van der Waals surface area contributed by atoms with Gasteiger partial charge in [0.15, 0.2) is 0 Å². The van der Waals surface area contributed by atoms with Crippen LogP contribution in [0.15, 0.2) is 48.5 Å². The summed E-state index contributed by atoms with van der Waals surface area (Å²) in [4.78, 5) is 0. The molecule has 0 amide bonds. The minimum Gasteiger partial charge on any atom is -0.489 e. The van der Waals surface area contributed by atoms with Crippen molar-refractivity contribution in [3.63, 3.8) is 0 Å². The second kappa shape index (κ2) is 7.32. The summed E-state index contributed by atoms with van der Waals surface area (Å²) in [6.45, 7) is 0.446. The molecule has 2 aromatic rings. The topological polar surface area (TPSA) is 29.5 Å². The summed E-state index contributed by atoms with van der Waals surface area (Å²) in [7, 11) is 0. The van der Waals surface area contributed by atoms with Crippen LogP contribution in [0.25, 0.3) is 0 Å². The Morgan fingerprint density at radius 2 is 1.90 bits per heavy atom. The molecule has 0 atom stereocenters. The van der Waals surface area contributed by atoms with E-state index in [9.17, 15) is 4.39 Å². The summed E-state index contributed by atoms with van der Waals surface area (Å²) < 4.78 is 18.4. The van der Waals surface area contributed by atoms with Crippen LogP contribution in [0, 0.1) is 17.7 Å². The van der Waals surface area contributed by atoms with E-state index in [-0.39, 0.29) is 12.4 Å². The fourth-order valence-corrected chi connectivity index (χ4v) is 1.63. The van der Waals surface area contributed by atoms with Gasteiger partial charge in [0.2, 0.25) is 0 Å². The molecule has 0 bridgehead atoms. The molecule has 0 aliphatic carbocycles. The first-order valence-corrected chi connectivity index (χ1v) is 6.35. The monoisotopic (exact) mass is 270 g/mol. The molecule has 0 heterocycles. The molecule has 3 heteroatoms. The standard InChI is InChI=1S/C17H15FO2/c18-16-9-7-15(8-10-16)13-20-17-6-3-5-14(12-17)4-1-2-11-19/h3,5-10,12,19H,2,11,13H2. The van der Waals surface area contributed by atoms with E-state index in [1.807, 2.05) is 24.3 Å². The summed E-state index contributed by atoms with van der Waals surface area (Å²) in [5.41, 5.74) is 1.75. The predicted octanol–water partition coefficient (Wildman–Crippen LogP) is 3.14. The van der Waals surface area contributed by atoms with Crippen LogP contribution in [0.3, 0.4) is 0 Å². The van der Waals surface area contributed by atoms with Crippen LogP contribution in [-0.2, 0) is 6.61 Å². The Morgan fingerprint density at radius 3 is 2.65 bits per heavy atom. The zero-order valence-electron chi connectivity index (χ0n) is 11.0. The summed E-state index contributed by atoms with van der Waals surface area (Å²) in [6, 6.07) is 13.7. The lowest BCUT2D eigenvalue weighted by Crippen LogP contribution is -1.95. The maximum Gasteiger partial charge on any atom is 0.123 e. The van der Waals surface area contributed by atoms with Crippen molar-refractivity contribution in [2.75, 3.05) is 6.61 Å². The van der Waals surface area contributed by atoms with E-state index in [2.05, 4.69) is 11.8 Å². The summed E-state index contributed by atoms with van der Waals surface area (Å²) in [6.07, 6.45) is 0.459. The molecule has 0 aliphatic heterocycles. The number of benzene rings is 2. The number of hydrogen-bond acceptors (Lipinski definition) is 2. The third-order valence-corrected chi connectivity index (χ3v) is 2.62. The van der Waals surface area contributed by atoms with Crippen molar-refractivity contribution in [1.82, 2.24) is 0 Å². The van der Waals surface area contributed by atoms with E-state index < -0.39 is 0 Å². The zero-order valence-corrected chi connectivity index (χ0v) is 11.0. The maximum atomic E-state index is 12.8. The SMILES string of the molecule is OCCC#Cc1cccc(OCc2ccc(F)cc2)c1. The van der Waals surface area contributed by atoms with Crippen molar-refractivity contribution in [1.29, 1.82) is 0 Å². The molecule has 20 heavy (non-hydrogen) atoms. The Hall–Kier alpha value is -2.31. The van der Waals surface area contributed by atoms with Crippen molar-refractivity contribution in [3.8, 4) is 17.6 Å². The van der Waals surface area contributed by atoms with E-state index >= 15 is 0 Å². The molecule has 0 saturated heterocycles. The number of ether oxygens (including phenoxy) is 1. The lowest BCUT2D eigenvalue weighted by molar-refractivity contribution is 0.305. The van der Waals surface area contributed by atoms with Crippen LogP contribution in [0.5, 0.6) is 5.75 Å². The van der Waals surface area contributed by atoms with E-state index in [1.165, 1.54) is 12.1 Å². The van der Waals surface area contributed by atoms with Crippen LogP contribution in [0.2, 0.25) is 0 Å². The Balaban J connectivity index is 1.98. The van der Waals surface area contributed by atoms with Gasteiger partial charge in [0.25, 0.3) is 0 Å². The maximum absolute atomic E-state index is 12.8. The Morgan fingerprint density at radius 1 is 1.10 bits per heavy atom. The quantitative estimate of drug-likeness (QED) is 0.865. The van der Waals surface area contributed by atoms with Crippen LogP contribution in [0.1, 0.15) is 17.5 Å². The fourth-order valence-electron chi connectivity index (χ4n) is 1.63. The minimum absolute atomic E-state index is 0.0633. The molecule has 0 aromatic heterocycles. The Labute approximate surface area is 117 Å². The third-order valence-electron chi connectivity index (χ3n) is 2.62. The minimum atomic E-state index is -0.255. The highest BCUT2D eigenvalue weighted by Gasteiger charge is 1.97. The molecule has 1 N–H and O–H groups in total. The van der Waals surface area contributed by atoms with Crippen molar-refractivity contribution in [3.05, 3.63) is 65.5 Å². The third kappa shape index (κ3) is 4.42. The number of rotatable bonds is 4. The zero-order chi connectivity index (χ0) is 14.2. The highest BCUT2D eigenvalue weighted by Crippen LogP contribution is 2.15. The van der Waals surface area contributed by atoms with Gasteiger partial charge < -0.3 is 9.84 Å². The first-order chi connectivity index (χ1) is 9.78. The van der Waals surface area contributed by atoms with Crippen LogP contribution >= 0.6 is 0 Å². The Kier molecular flexibility index (Phi) is 5.16. The fraction of sp³-hybridized carbons (Fsp3) is 0.176. The summed E-state index contributed by atoms with van der Waals surface area (Å²) >= 11 is 0. The van der Waals surface area contributed by atoms with E-state index in [0.29, 0.717) is 18.8 Å². The molecule has 0 radical (unpaired) electrons. The smallest absolute Gasteiger partial charge is 0.123 e. The first-order valence-electron chi connectivity index (χ1n) is 6.35. The Bertz CT molecular complexity index is 609. The van der Waals surface area contributed by atoms with Crippen molar-refractivity contribution >= 4 is 0 Å². The van der Waals surface area contributed by atoms with Crippen molar-refractivity contribution in [2.45, 2.75) is 13.0 Å². The highest BCUT2D eigenvalue weighted by atomic mass is 19.1. The van der Waals surface area contributed by atoms with Crippen LogP contribution < -0.4 is 4.74 Å². The molecule has 0 saturated carbocycles. The molecule has 102 valence electrons. The number of aliphatic hydroxyl groups is 1. The molecule has 2 rings (SSSR count). The van der Waals surface area contributed by atoms with Gasteiger partial charge in [0.1, 0.15) is 18.2 Å². The average molecular weight is 270 g/mol. The highest BCUT2D eigenvalue weighted by molar-refractivity contribution is 5.39. The molecule has 0 aliphatic rings. The molecule has 0 spiro atoms. The van der Waals surface area contributed by atoms with Gasteiger partial charge >= 0.3 is 0 Å². The van der Waals surface area contributed by atoms with Gasteiger partial charge in [0, 0.05) is 12.0 Å². The van der Waals surface area contributed by atoms with Gasteiger partial charge in [-0.1, -0.05) is 30.0 Å². The van der Waals surface area contributed by atoms with Gasteiger partial charge in [-0.05, 0) is 35.9 Å². The van der Waals surface area contributed by atoms with Gasteiger partial charge in [-0.25, -0.2) is 4.39 Å². The lowest BCUT2D eigenvalue weighted by Gasteiger charge is -2.06. The van der Waals surface area contributed by atoms with Gasteiger partial charge in [-0.15, -0.1) is 0 Å². The molecule has 0 fully saturated rings. The van der Waals surface area contributed by atoms with Gasteiger partial charge in [-0.2, -0.15) is 0 Å². The molecule has 2 nitrogen and oxygen atoms in total. The molecule has 0 unspecified atom stereocenters. The largest absolute Gasteiger partial charge is 0.489 e. The molecular formula is C17H15FO2. The van der Waals surface area contributed by atoms with Crippen molar-refractivity contribution < 1.29 is 14.2 Å². The predicted molar refractivity (Wildman–Crippen MR) is 75.8 cm³/mol. The molecular weight excluding hydrogens is 255 g/mol. The van der Waals surface area contributed by atoms with E-state index in [0.717, 1.165) is 11.1 Å². The van der Waals surface area contributed by atoms with Crippen LogP contribution in [-0.4, -0.2) is 11.7 Å². The van der Waals surface area contributed by atoms with E-state index in [4.69, 9.17) is 9.84 Å². The second-order valence-corrected chi connectivity index (χ2v) is 4.22. The number of hydrogen-bond donors (Lipinski definition) is 1. The first kappa shape index (κ1) is 14.1. The van der Waals surface area contributed by atoms with Crippen LogP contribution in [0.4, 0.5) is 4.39 Å². The normalized spacial score (nSPS) is 9.70.